The van der Waals surface area contributed by atoms with Crippen molar-refractivity contribution in [2.24, 2.45) is 0 Å². The molecule has 0 saturated carbocycles. The molecule has 0 bridgehead atoms. The summed E-state index contributed by atoms with van der Waals surface area (Å²) in [5.74, 6) is 0.133. The topological polar surface area (TPSA) is 100 Å². The highest BCUT2D eigenvalue weighted by atomic mass is 32.2. The van der Waals surface area contributed by atoms with Gasteiger partial charge < -0.3 is 9.57 Å². The number of methoxy groups -OCH3 is 1. The van der Waals surface area contributed by atoms with Crippen LogP contribution in [0.5, 0.6) is 5.75 Å². The molecule has 10 heteroatoms. The van der Waals surface area contributed by atoms with Crippen LogP contribution in [0.2, 0.25) is 0 Å². The van der Waals surface area contributed by atoms with Crippen molar-refractivity contribution in [3.63, 3.8) is 0 Å². The summed E-state index contributed by atoms with van der Waals surface area (Å²) in [5, 5.41) is 0.111. The number of aromatic nitrogens is 3. The second kappa shape index (κ2) is 9.32. The minimum atomic E-state index is -3.73. The van der Waals surface area contributed by atoms with Gasteiger partial charge in [-0.15, -0.1) is 0 Å². The van der Waals surface area contributed by atoms with Crippen molar-refractivity contribution in [1.29, 1.82) is 0 Å². The quantitative estimate of drug-likeness (QED) is 0.378. The van der Waals surface area contributed by atoms with E-state index in [0.717, 1.165) is 11.1 Å². The molecule has 172 valence electrons. The largest absolute Gasteiger partial charge is 0.496 e. The molecule has 0 radical (unpaired) electrons. The SMILES string of the molecule is COc1c(C)cnc(CS(=O)c2nc3ccccc3n2OCS(=O)(=O)c2ccccc2)c1C. The molecule has 8 nitrogen and oxygen atoms in total. The molecule has 1 atom stereocenters. The second-order valence-corrected chi connectivity index (χ2v) is 10.7. The molecule has 4 rings (SSSR count). The standard InChI is InChI=1S/C23H23N3O5S2/c1-16-13-24-20(17(2)22(16)30-3)14-32(27)23-25-19-11-7-8-12-21(19)26(23)31-15-33(28,29)18-9-5-4-6-10-18/h4-13H,14-15H2,1-3H3. The first-order valence-corrected chi connectivity index (χ1v) is 13.0. The molecule has 2 aromatic carbocycles. The van der Waals surface area contributed by atoms with Gasteiger partial charge in [-0.3, -0.25) is 9.19 Å². The van der Waals surface area contributed by atoms with Gasteiger partial charge in [-0.05, 0) is 38.1 Å². The molecule has 0 aliphatic rings. The first-order valence-electron chi connectivity index (χ1n) is 10.1. The van der Waals surface area contributed by atoms with E-state index >= 15 is 0 Å². The van der Waals surface area contributed by atoms with E-state index < -0.39 is 26.6 Å². The highest BCUT2D eigenvalue weighted by Crippen LogP contribution is 2.26. The van der Waals surface area contributed by atoms with Crippen molar-refractivity contribution in [2.45, 2.75) is 29.7 Å². The van der Waals surface area contributed by atoms with E-state index in [2.05, 4.69) is 9.97 Å². The fraction of sp³-hybridized carbons (Fsp3) is 0.217. The summed E-state index contributed by atoms with van der Waals surface area (Å²) in [6, 6.07) is 15.1. The lowest BCUT2D eigenvalue weighted by Gasteiger charge is -2.13. The van der Waals surface area contributed by atoms with E-state index in [9.17, 15) is 12.6 Å². The zero-order valence-corrected chi connectivity index (χ0v) is 20.0. The molecule has 2 aromatic heterocycles. The number of aryl methyl sites for hydroxylation is 1. The van der Waals surface area contributed by atoms with Gasteiger partial charge in [0.05, 0.1) is 39.8 Å². The van der Waals surface area contributed by atoms with Crippen molar-refractivity contribution < 1.29 is 22.2 Å². The lowest BCUT2D eigenvalue weighted by Crippen LogP contribution is -2.23. The van der Waals surface area contributed by atoms with Crippen LogP contribution >= 0.6 is 0 Å². The summed E-state index contributed by atoms with van der Waals surface area (Å²) in [6.07, 6.45) is 1.67. The predicted octanol–water partition coefficient (Wildman–Crippen LogP) is 3.22. The summed E-state index contributed by atoms with van der Waals surface area (Å²) in [5.41, 5.74) is 3.35. The first-order chi connectivity index (χ1) is 15.8. The Kier molecular flexibility index (Phi) is 6.48. The lowest BCUT2D eigenvalue weighted by atomic mass is 10.1. The van der Waals surface area contributed by atoms with E-state index in [4.69, 9.17) is 9.57 Å². The molecule has 0 N–H and O–H groups in total. The first kappa shape index (κ1) is 22.9. The Hall–Kier alpha value is -3.24. The minimum Gasteiger partial charge on any atom is -0.496 e. The Bertz CT molecular complexity index is 1430. The number of benzene rings is 2. The van der Waals surface area contributed by atoms with Crippen LogP contribution < -0.4 is 9.57 Å². The number of imidazole rings is 1. The summed E-state index contributed by atoms with van der Waals surface area (Å²) < 4.78 is 45.5. The third kappa shape index (κ3) is 4.62. The van der Waals surface area contributed by atoms with Crippen LogP contribution in [0.3, 0.4) is 0 Å². The molecular weight excluding hydrogens is 462 g/mol. The van der Waals surface area contributed by atoms with Gasteiger partial charge in [0.15, 0.2) is 0 Å². The molecule has 0 amide bonds. The van der Waals surface area contributed by atoms with Gasteiger partial charge >= 0.3 is 0 Å². The van der Waals surface area contributed by atoms with Crippen LogP contribution in [0.25, 0.3) is 11.0 Å². The van der Waals surface area contributed by atoms with Crippen LogP contribution in [-0.4, -0.2) is 40.4 Å². The molecule has 0 fully saturated rings. The Balaban J connectivity index is 1.68. The number of rotatable bonds is 8. The fourth-order valence-electron chi connectivity index (χ4n) is 3.47. The van der Waals surface area contributed by atoms with Gasteiger partial charge in [-0.2, -0.15) is 4.73 Å². The zero-order chi connectivity index (χ0) is 23.6. The summed E-state index contributed by atoms with van der Waals surface area (Å²) in [4.78, 5) is 14.7. The number of nitrogens with zero attached hydrogens (tertiary/aromatic N) is 3. The summed E-state index contributed by atoms with van der Waals surface area (Å²) in [6.45, 7) is 3.75. The molecule has 0 saturated heterocycles. The average molecular weight is 486 g/mol. The number of pyridine rings is 1. The van der Waals surface area contributed by atoms with Crippen LogP contribution in [0.4, 0.5) is 0 Å². The van der Waals surface area contributed by atoms with E-state index in [1.165, 1.54) is 16.9 Å². The average Bonchev–Trinajstić information content (AvgIpc) is 3.19. The maximum atomic E-state index is 13.4. The molecule has 4 aromatic rings. The molecular formula is C23H23N3O5S2. The van der Waals surface area contributed by atoms with Crippen molar-refractivity contribution in [3.05, 3.63) is 77.6 Å². The van der Waals surface area contributed by atoms with E-state index in [0.29, 0.717) is 22.5 Å². The molecule has 0 aliphatic heterocycles. The minimum absolute atomic E-state index is 0.0700. The molecule has 0 aliphatic carbocycles. The van der Waals surface area contributed by atoms with Crippen molar-refractivity contribution in [3.8, 4) is 5.75 Å². The predicted molar refractivity (Wildman–Crippen MR) is 125 cm³/mol. The van der Waals surface area contributed by atoms with Crippen LogP contribution in [0.15, 0.2) is 70.8 Å². The fourth-order valence-corrected chi connectivity index (χ4v) is 5.63. The Morgan fingerprint density at radius 1 is 1.03 bits per heavy atom. The van der Waals surface area contributed by atoms with Gasteiger partial charge in [0.25, 0.3) is 0 Å². The lowest BCUT2D eigenvalue weighted by molar-refractivity contribution is 0.135. The Morgan fingerprint density at radius 2 is 1.73 bits per heavy atom. The number of sulfone groups is 1. The molecule has 0 spiro atoms. The van der Waals surface area contributed by atoms with E-state index in [1.54, 1.807) is 55.8 Å². The van der Waals surface area contributed by atoms with Crippen LogP contribution in [-0.2, 0) is 26.4 Å². The van der Waals surface area contributed by atoms with Gasteiger partial charge in [0, 0.05) is 17.3 Å². The van der Waals surface area contributed by atoms with E-state index in [-0.39, 0.29) is 15.8 Å². The Labute approximate surface area is 194 Å². The van der Waals surface area contributed by atoms with Gasteiger partial charge in [-0.1, -0.05) is 30.3 Å². The van der Waals surface area contributed by atoms with E-state index in [1.807, 2.05) is 13.8 Å². The second-order valence-electron chi connectivity index (χ2n) is 7.39. The van der Waals surface area contributed by atoms with Crippen molar-refractivity contribution in [2.75, 3.05) is 13.0 Å². The van der Waals surface area contributed by atoms with Crippen LogP contribution in [0, 0.1) is 13.8 Å². The third-order valence-corrected chi connectivity index (χ3v) is 7.76. The Morgan fingerprint density at radius 3 is 2.45 bits per heavy atom. The maximum absolute atomic E-state index is 13.4. The number of hydrogen-bond donors (Lipinski definition) is 0. The highest BCUT2D eigenvalue weighted by Gasteiger charge is 2.23. The zero-order valence-electron chi connectivity index (χ0n) is 18.4. The number of ether oxygens (including phenoxy) is 1. The third-order valence-electron chi connectivity index (χ3n) is 5.15. The summed E-state index contributed by atoms with van der Waals surface area (Å²) in [7, 11) is -3.81. The van der Waals surface area contributed by atoms with Gasteiger partial charge in [-0.25, -0.2) is 13.4 Å². The highest BCUT2D eigenvalue weighted by molar-refractivity contribution is 7.91. The molecule has 33 heavy (non-hydrogen) atoms. The molecule has 1 unspecified atom stereocenters. The maximum Gasteiger partial charge on any atom is 0.234 e. The smallest absolute Gasteiger partial charge is 0.234 e. The number of hydrogen-bond acceptors (Lipinski definition) is 7. The number of para-hydroxylation sites is 2. The normalized spacial score (nSPS) is 12.6. The monoisotopic (exact) mass is 485 g/mol. The van der Waals surface area contributed by atoms with Gasteiger partial charge in [0.1, 0.15) is 11.3 Å². The van der Waals surface area contributed by atoms with Crippen LogP contribution in [0.1, 0.15) is 16.8 Å². The number of fused-ring (bicyclic) bond motifs is 1. The molecule has 2 heterocycles. The van der Waals surface area contributed by atoms with Gasteiger partial charge in [0.2, 0.25) is 20.9 Å². The summed E-state index contributed by atoms with van der Waals surface area (Å²) >= 11 is 0. The van der Waals surface area contributed by atoms with Crippen molar-refractivity contribution >= 4 is 31.7 Å². The van der Waals surface area contributed by atoms with Crippen molar-refractivity contribution in [1.82, 2.24) is 14.7 Å².